The molecule has 0 aliphatic carbocycles. The Labute approximate surface area is 193 Å². The van der Waals surface area contributed by atoms with Gasteiger partial charge in [-0.3, -0.25) is 9.63 Å². The van der Waals surface area contributed by atoms with Gasteiger partial charge in [-0.15, -0.1) is 24.5 Å². The molecule has 1 saturated heterocycles. The van der Waals surface area contributed by atoms with E-state index in [9.17, 15) is 4.79 Å². The molecule has 0 radical (unpaired) electrons. The lowest BCUT2D eigenvalue weighted by Crippen LogP contribution is -2.49. The van der Waals surface area contributed by atoms with Crippen LogP contribution in [-0.2, 0) is 16.1 Å². The van der Waals surface area contributed by atoms with Crippen molar-refractivity contribution in [1.29, 1.82) is 0 Å². The molecule has 0 bridgehead atoms. The number of fused-ring (bicyclic) bond motifs is 1. The Balaban J connectivity index is 1.44. The number of carbonyl (C=O) groups excluding carboxylic acids is 1. The van der Waals surface area contributed by atoms with E-state index in [0.717, 1.165) is 35.5 Å². The summed E-state index contributed by atoms with van der Waals surface area (Å²) in [4.78, 5) is 33.7. The second kappa shape index (κ2) is 12.3. The van der Waals surface area contributed by atoms with Gasteiger partial charge in [-0.2, -0.15) is 10.3 Å². The summed E-state index contributed by atoms with van der Waals surface area (Å²) in [6.07, 6.45) is 7.03. The van der Waals surface area contributed by atoms with Crippen LogP contribution in [0.1, 0.15) is 24.6 Å². The maximum atomic E-state index is 12.6. The van der Waals surface area contributed by atoms with Gasteiger partial charge in [-0.25, -0.2) is 9.97 Å². The number of nitrogens with zero attached hydrogens (tertiary/aromatic N) is 7. The fourth-order valence-corrected chi connectivity index (χ4v) is 4.36. The molecule has 1 aliphatic rings. The first-order chi connectivity index (χ1) is 15.7. The summed E-state index contributed by atoms with van der Waals surface area (Å²) in [5.74, 6) is 1.12. The highest BCUT2D eigenvalue weighted by molar-refractivity contribution is 7.18. The summed E-state index contributed by atoms with van der Waals surface area (Å²) in [6.45, 7) is 13.6. The quantitative estimate of drug-likeness (QED) is 0.209. The van der Waals surface area contributed by atoms with Crippen LogP contribution in [0.4, 0.5) is 5.82 Å². The number of hydroxylamine groups is 1. The molecule has 0 atom stereocenters. The summed E-state index contributed by atoms with van der Waals surface area (Å²) >= 11 is 1.72. The Morgan fingerprint density at radius 2 is 2.09 bits per heavy atom. The lowest BCUT2D eigenvalue weighted by molar-refractivity contribution is -0.160. The molecule has 3 rings (SSSR count). The topological polar surface area (TPSA) is 86.5 Å². The van der Waals surface area contributed by atoms with Gasteiger partial charge < -0.3 is 9.80 Å². The molecule has 1 amide bonds. The second-order valence-electron chi connectivity index (χ2n) is 7.31. The van der Waals surface area contributed by atoms with Crippen molar-refractivity contribution in [1.82, 2.24) is 20.0 Å². The third kappa shape index (κ3) is 6.33. The minimum atomic E-state index is 0.147. The molecule has 0 spiro atoms. The van der Waals surface area contributed by atoms with Crippen molar-refractivity contribution in [3.63, 3.8) is 0 Å². The first-order valence-corrected chi connectivity index (χ1v) is 11.7. The minimum absolute atomic E-state index is 0.147. The van der Waals surface area contributed by atoms with E-state index in [-0.39, 0.29) is 5.91 Å². The fraction of sp³-hybridized carbons (Fsp3) is 0.500. The van der Waals surface area contributed by atoms with Crippen molar-refractivity contribution >= 4 is 33.3 Å². The van der Waals surface area contributed by atoms with Crippen LogP contribution in [0.25, 0.3) is 10.2 Å². The third-order valence-electron chi connectivity index (χ3n) is 5.07. The summed E-state index contributed by atoms with van der Waals surface area (Å²) in [6, 6.07) is 2.19. The standard InChI is InChI=1S/C22H31N7O2S/c1-4-9-25-26-29(10-5-2)31-15-7-8-20(30)27-11-13-28(14-12-27)21-19-16-18(6-3)32-22(19)24-17-23-21/h4-5,16-17H,1-2,6-15H2,3H3. The fourth-order valence-electron chi connectivity index (χ4n) is 3.43. The molecular weight excluding hydrogens is 426 g/mol. The van der Waals surface area contributed by atoms with Crippen molar-refractivity contribution in [2.75, 3.05) is 50.8 Å². The molecule has 0 N–H and O–H groups in total. The number of aromatic nitrogens is 2. The zero-order chi connectivity index (χ0) is 22.8. The Kier molecular flexibility index (Phi) is 9.12. The number of piperazine rings is 1. The third-order valence-corrected chi connectivity index (χ3v) is 6.26. The van der Waals surface area contributed by atoms with E-state index in [1.807, 2.05) is 4.90 Å². The average molecular weight is 458 g/mol. The lowest BCUT2D eigenvalue weighted by atomic mass is 10.2. The highest BCUT2D eigenvalue weighted by Crippen LogP contribution is 2.31. The van der Waals surface area contributed by atoms with Gasteiger partial charge >= 0.3 is 0 Å². The number of anilines is 1. The van der Waals surface area contributed by atoms with Gasteiger partial charge in [0.15, 0.2) is 0 Å². The first kappa shape index (κ1) is 23.8. The van der Waals surface area contributed by atoms with E-state index >= 15 is 0 Å². The molecular formula is C22H31N7O2S. The van der Waals surface area contributed by atoms with E-state index in [4.69, 9.17) is 4.84 Å². The van der Waals surface area contributed by atoms with Gasteiger partial charge in [-0.1, -0.05) is 19.1 Å². The van der Waals surface area contributed by atoms with Crippen molar-refractivity contribution in [3.05, 3.63) is 42.6 Å². The van der Waals surface area contributed by atoms with E-state index in [2.05, 4.69) is 51.4 Å². The van der Waals surface area contributed by atoms with Crippen LogP contribution in [0.3, 0.4) is 0 Å². The molecule has 3 heterocycles. The molecule has 0 unspecified atom stereocenters. The SMILES string of the molecule is C=CCN=NN(CC=C)OCCCC(=O)N1CCN(c2ncnc3sc(CC)cc23)CC1. The Bertz CT molecular complexity index is 938. The van der Waals surface area contributed by atoms with Crippen molar-refractivity contribution in [3.8, 4) is 0 Å². The van der Waals surface area contributed by atoms with Crippen molar-refractivity contribution in [2.24, 2.45) is 10.3 Å². The summed E-state index contributed by atoms with van der Waals surface area (Å²) in [5.41, 5.74) is 0. The lowest BCUT2D eigenvalue weighted by Gasteiger charge is -2.35. The maximum absolute atomic E-state index is 12.6. The molecule has 32 heavy (non-hydrogen) atoms. The second-order valence-corrected chi connectivity index (χ2v) is 8.43. The van der Waals surface area contributed by atoms with Gasteiger partial charge in [0.2, 0.25) is 5.91 Å². The number of amides is 1. The Hall–Kier alpha value is -2.85. The molecule has 172 valence electrons. The van der Waals surface area contributed by atoms with Crippen LogP contribution in [0.15, 0.2) is 48.0 Å². The van der Waals surface area contributed by atoms with Gasteiger partial charge in [0.05, 0.1) is 25.1 Å². The van der Waals surface area contributed by atoms with Gasteiger partial charge in [0.25, 0.3) is 0 Å². The van der Waals surface area contributed by atoms with E-state index < -0.39 is 0 Å². The summed E-state index contributed by atoms with van der Waals surface area (Å²) in [7, 11) is 0. The Morgan fingerprint density at radius 3 is 2.81 bits per heavy atom. The number of aryl methyl sites for hydroxylation is 1. The molecule has 1 aliphatic heterocycles. The zero-order valence-corrected chi connectivity index (χ0v) is 19.5. The van der Waals surface area contributed by atoms with Gasteiger partial charge in [0, 0.05) is 37.5 Å². The molecule has 2 aromatic heterocycles. The van der Waals surface area contributed by atoms with Crippen LogP contribution in [-0.4, -0.2) is 71.8 Å². The van der Waals surface area contributed by atoms with Gasteiger partial charge in [0.1, 0.15) is 17.0 Å². The highest BCUT2D eigenvalue weighted by Gasteiger charge is 2.23. The number of thiophene rings is 1. The number of hydrogen-bond acceptors (Lipinski definition) is 8. The van der Waals surface area contributed by atoms with Gasteiger partial charge in [-0.05, 0) is 24.1 Å². The van der Waals surface area contributed by atoms with Crippen LogP contribution in [0, 0.1) is 0 Å². The van der Waals surface area contributed by atoms with E-state index in [0.29, 0.717) is 45.6 Å². The molecule has 2 aromatic rings. The largest absolute Gasteiger partial charge is 0.352 e. The zero-order valence-electron chi connectivity index (χ0n) is 18.6. The number of rotatable bonds is 12. The van der Waals surface area contributed by atoms with Crippen molar-refractivity contribution in [2.45, 2.75) is 26.2 Å². The van der Waals surface area contributed by atoms with Crippen LogP contribution < -0.4 is 4.90 Å². The molecule has 0 saturated carbocycles. The maximum Gasteiger partial charge on any atom is 0.222 e. The smallest absolute Gasteiger partial charge is 0.222 e. The first-order valence-electron chi connectivity index (χ1n) is 10.9. The summed E-state index contributed by atoms with van der Waals surface area (Å²) in [5, 5.41) is 10.4. The van der Waals surface area contributed by atoms with Crippen LogP contribution in [0.2, 0.25) is 0 Å². The monoisotopic (exact) mass is 457 g/mol. The van der Waals surface area contributed by atoms with Crippen LogP contribution >= 0.6 is 11.3 Å². The highest BCUT2D eigenvalue weighted by atomic mass is 32.1. The predicted octanol–water partition coefficient (Wildman–Crippen LogP) is 3.66. The van der Waals surface area contributed by atoms with Crippen molar-refractivity contribution < 1.29 is 9.63 Å². The molecule has 9 nitrogen and oxygen atoms in total. The number of carbonyl (C=O) groups is 1. The normalized spacial score (nSPS) is 14.3. The average Bonchev–Trinajstić information content (AvgIpc) is 3.25. The molecule has 1 fully saturated rings. The predicted molar refractivity (Wildman–Crippen MR) is 128 cm³/mol. The molecule has 0 aromatic carbocycles. The minimum Gasteiger partial charge on any atom is -0.352 e. The van der Waals surface area contributed by atoms with E-state index in [1.54, 1.807) is 29.8 Å². The Morgan fingerprint density at radius 1 is 1.28 bits per heavy atom. The summed E-state index contributed by atoms with van der Waals surface area (Å²) < 4.78 is 0. The number of hydrogen-bond donors (Lipinski definition) is 0. The molecule has 10 heteroatoms. The van der Waals surface area contributed by atoms with Crippen LogP contribution in [0.5, 0.6) is 0 Å². The van der Waals surface area contributed by atoms with E-state index in [1.165, 1.54) is 10.0 Å².